The van der Waals surface area contributed by atoms with Gasteiger partial charge in [0.05, 0.1) is 12.8 Å². The molecular weight excluding hydrogens is 314 g/mol. The average Bonchev–Trinajstić information content (AvgIpc) is 2.68. The summed E-state index contributed by atoms with van der Waals surface area (Å²) in [5.41, 5.74) is 4.70. The van der Waals surface area contributed by atoms with Crippen molar-refractivity contribution < 1.29 is 9.53 Å². The van der Waals surface area contributed by atoms with Crippen molar-refractivity contribution in [2.24, 2.45) is 5.10 Å². The first-order chi connectivity index (χ1) is 12.2. The summed E-state index contributed by atoms with van der Waals surface area (Å²) in [6.45, 7) is 2.00. The molecule has 3 aromatic rings. The zero-order chi connectivity index (χ0) is 17.6. The Morgan fingerprint density at radius 3 is 2.64 bits per heavy atom. The minimum absolute atomic E-state index is 0.322. The molecular formula is C20H19N3O2. The Balaban J connectivity index is 1.84. The molecule has 0 radical (unpaired) electrons. The Bertz CT molecular complexity index is 921. The third-order valence-corrected chi connectivity index (χ3v) is 3.91. The van der Waals surface area contributed by atoms with Crippen molar-refractivity contribution in [2.75, 3.05) is 7.11 Å². The number of nitrogens with zero attached hydrogens (tertiary/aromatic N) is 2. The fourth-order valence-electron chi connectivity index (χ4n) is 2.55. The molecule has 2 aromatic carbocycles. The highest BCUT2D eigenvalue weighted by atomic mass is 16.5. The van der Waals surface area contributed by atoms with Crippen LogP contribution in [0.3, 0.4) is 0 Å². The number of aromatic nitrogens is 1. The molecule has 0 atom stereocenters. The number of ether oxygens (including phenoxy) is 1. The van der Waals surface area contributed by atoms with Crippen LogP contribution in [0.25, 0.3) is 10.8 Å². The molecule has 126 valence electrons. The van der Waals surface area contributed by atoms with Gasteiger partial charge in [-0.2, -0.15) is 5.10 Å². The summed E-state index contributed by atoms with van der Waals surface area (Å²) in [5, 5.41) is 6.47. The Kier molecular flexibility index (Phi) is 5.04. The van der Waals surface area contributed by atoms with Crippen LogP contribution in [0.4, 0.5) is 0 Å². The van der Waals surface area contributed by atoms with E-state index in [-0.39, 0.29) is 5.91 Å². The van der Waals surface area contributed by atoms with Crippen LogP contribution in [0.15, 0.2) is 65.9 Å². The molecule has 3 rings (SSSR count). The second-order valence-corrected chi connectivity index (χ2v) is 5.50. The SMILES string of the molecule is CC/C(=N/NC(=O)c1ccccn1)c1ccc2cc(OC)ccc2c1. The standard InChI is InChI=1S/C20H19N3O2/c1-3-18(22-23-20(24)19-6-4-5-11-21-19)16-8-7-15-13-17(25-2)10-9-14(15)12-16/h4-13H,3H2,1-2H3,(H,23,24)/b22-18-. The number of hydrogen-bond donors (Lipinski definition) is 1. The van der Waals surface area contributed by atoms with Crippen LogP contribution in [-0.2, 0) is 0 Å². The van der Waals surface area contributed by atoms with Gasteiger partial charge in [0.1, 0.15) is 11.4 Å². The predicted molar refractivity (Wildman–Crippen MR) is 99.0 cm³/mol. The zero-order valence-corrected chi connectivity index (χ0v) is 14.2. The van der Waals surface area contributed by atoms with Gasteiger partial charge in [0.25, 0.3) is 5.91 Å². The molecule has 0 unspecified atom stereocenters. The first-order valence-electron chi connectivity index (χ1n) is 8.07. The van der Waals surface area contributed by atoms with Crippen LogP contribution in [0, 0.1) is 0 Å². The summed E-state index contributed by atoms with van der Waals surface area (Å²) in [4.78, 5) is 16.1. The summed E-state index contributed by atoms with van der Waals surface area (Å²) in [7, 11) is 1.65. The molecule has 5 nitrogen and oxygen atoms in total. The lowest BCUT2D eigenvalue weighted by Crippen LogP contribution is -2.20. The molecule has 0 fully saturated rings. The number of carbonyl (C=O) groups is 1. The van der Waals surface area contributed by atoms with Crippen molar-refractivity contribution in [1.29, 1.82) is 0 Å². The number of fused-ring (bicyclic) bond motifs is 1. The number of pyridine rings is 1. The lowest BCUT2D eigenvalue weighted by Gasteiger charge is -2.08. The minimum Gasteiger partial charge on any atom is -0.497 e. The van der Waals surface area contributed by atoms with Gasteiger partial charge in [-0.05, 0) is 53.1 Å². The van der Waals surface area contributed by atoms with Gasteiger partial charge < -0.3 is 4.74 Å². The van der Waals surface area contributed by atoms with Gasteiger partial charge in [0.2, 0.25) is 0 Å². The van der Waals surface area contributed by atoms with E-state index in [1.807, 2.05) is 37.3 Å². The number of carbonyl (C=O) groups excluding carboxylic acids is 1. The van der Waals surface area contributed by atoms with E-state index in [4.69, 9.17) is 4.74 Å². The topological polar surface area (TPSA) is 63.6 Å². The second kappa shape index (κ2) is 7.57. The van der Waals surface area contributed by atoms with Gasteiger partial charge in [0, 0.05) is 6.20 Å². The molecule has 0 spiro atoms. The van der Waals surface area contributed by atoms with Gasteiger partial charge in [-0.25, -0.2) is 5.43 Å². The molecule has 1 aromatic heterocycles. The van der Waals surface area contributed by atoms with E-state index in [0.717, 1.165) is 27.8 Å². The molecule has 0 saturated carbocycles. The van der Waals surface area contributed by atoms with Gasteiger partial charge in [-0.15, -0.1) is 0 Å². The largest absolute Gasteiger partial charge is 0.497 e. The summed E-state index contributed by atoms with van der Waals surface area (Å²) >= 11 is 0. The first-order valence-corrected chi connectivity index (χ1v) is 8.07. The highest BCUT2D eigenvalue weighted by Crippen LogP contribution is 2.22. The zero-order valence-electron chi connectivity index (χ0n) is 14.2. The fraction of sp³-hybridized carbons (Fsp3) is 0.150. The van der Waals surface area contributed by atoms with E-state index in [1.165, 1.54) is 0 Å². The summed E-state index contributed by atoms with van der Waals surface area (Å²) in [5.74, 6) is 0.504. The van der Waals surface area contributed by atoms with Crippen LogP contribution < -0.4 is 10.2 Å². The van der Waals surface area contributed by atoms with Crippen molar-refractivity contribution in [2.45, 2.75) is 13.3 Å². The molecule has 0 aliphatic carbocycles. The number of hydrogen-bond acceptors (Lipinski definition) is 4. The highest BCUT2D eigenvalue weighted by molar-refractivity contribution is 6.04. The molecule has 0 bridgehead atoms. The molecule has 1 amide bonds. The van der Waals surface area contributed by atoms with Gasteiger partial charge >= 0.3 is 0 Å². The van der Waals surface area contributed by atoms with E-state index in [2.05, 4.69) is 21.6 Å². The molecule has 0 aliphatic heterocycles. The number of rotatable bonds is 5. The summed E-state index contributed by atoms with van der Waals surface area (Å²) < 4.78 is 5.25. The number of amides is 1. The van der Waals surface area contributed by atoms with Crippen molar-refractivity contribution in [1.82, 2.24) is 10.4 Å². The number of benzene rings is 2. The Labute approximate surface area is 146 Å². The molecule has 0 saturated heterocycles. The third kappa shape index (κ3) is 3.83. The van der Waals surface area contributed by atoms with Crippen LogP contribution in [0.1, 0.15) is 29.4 Å². The lowest BCUT2D eigenvalue weighted by atomic mass is 10.0. The molecule has 1 N–H and O–H groups in total. The molecule has 5 heteroatoms. The van der Waals surface area contributed by atoms with Crippen molar-refractivity contribution >= 4 is 22.4 Å². The highest BCUT2D eigenvalue weighted by Gasteiger charge is 2.07. The average molecular weight is 333 g/mol. The van der Waals surface area contributed by atoms with E-state index < -0.39 is 0 Å². The molecule has 25 heavy (non-hydrogen) atoms. The van der Waals surface area contributed by atoms with E-state index >= 15 is 0 Å². The minimum atomic E-state index is -0.322. The normalized spacial score (nSPS) is 11.4. The predicted octanol–water partition coefficient (Wildman–Crippen LogP) is 3.79. The lowest BCUT2D eigenvalue weighted by molar-refractivity contribution is 0.0950. The smallest absolute Gasteiger partial charge is 0.289 e. The van der Waals surface area contributed by atoms with E-state index in [9.17, 15) is 4.79 Å². The van der Waals surface area contributed by atoms with Crippen molar-refractivity contribution in [3.05, 3.63) is 72.1 Å². The van der Waals surface area contributed by atoms with Gasteiger partial charge in [0.15, 0.2) is 0 Å². The van der Waals surface area contributed by atoms with Crippen molar-refractivity contribution in [3.63, 3.8) is 0 Å². The number of methoxy groups -OCH3 is 1. The Morgan fingerprint density at radius 1 is 1.12 bits per heavy atom. The van der Waals surface area contributed by atoms with Crippen molar-refractivity contribution in [3.8, 4) is 5.75 Å². The Hall–Kier alpha value is -3.21. The summed E-state index contributed by atoms with van der Waals surface area (Å²) in [6, 6.07) is 17.2. The van der Waals surface area contributed by atoms with Crippen LogP contribution in [0.5, 0.6) is 5.75 Å². The van der Waals surface area contributed by atoms with E-state index in [1.54, 1.807) is 31.5 Å². The van der Waals surface area contributed by atoms with Crippen LogP contribution >= 0.6 is 0 Å². The summed E-state index contributed by atoms with van der Waals surface area (Å²) in [6.07, 6.45) is 2.28. The number of nitrogens with one attached hydrogen (secondary N) is 1. The van der Waals surface area contributed by atoms with Gasteiger partial charge in [-0.3, -0.25) is 9.78 Å². The maximum Gasteiger partial charge on any atom is 0.289 e. The number of hydrazone groups is 1. The van der Waals surface area contributed by atoms with E-state index in [0.29, 0.717) is 12.1 Å². The quantitative estimate of drug-likeness (QED) is 0.571. The van der Waals surface area contributed by atoms with Crippen LogP contribution in [-0.4, -0.2) is 23.7 Å². The molecule has 1 heterocycles. The van der Waals surface area contributed by atoms with Crippen LogP contribution in [0.2, 0.25) is 0 Å². The maximum atomic E-state index is 12.1. The third-order valence-electron chi connectivity index (χ3n) is 3.91. The second-order valence-electron chi connectivity index (χ2n) is 5.50. The maximum absolute atomic E-state index is 12.1. The Morgan fingerprint density at radius 2 is 1.92 bits per heavy atom. The molecule has 0 aliphatic rings. The first kappa shape index (κ1) is 16.6. The van der Waals surface area contributed by atoms with Gasteiger partial charge in [-0.1, -0.05) is 31.2 Å². The fourth-order valence-corrected chi connectivity index (χ4v) is 2.55. The monoisotopic (exact) mass is 333 g/mol.